The minimum absolute atomic E-state index is 0.0729. The van der Waals surface area contributed by atoms with E-state index in [1.54, 1.807) is 12.1 Å². The van der Waals surface area contributed by atoms with E-state index in [0.29, 0.717) is 21.5 Å². The first-order chi connectivity index (χ1) is 10.8. The van der Waals surface area contributed by atoms with Crippen LogP contribution in [0.2, 0.25) is 5.02 Å². The quantitative estimate of drug-likeness (QED) is 0.770. The lowest BCUT2D eigenvalue weighted by Crippen LogP contribution is -2.15. The Kier molecular flexibility index (Phi) is 3.78. The van der Waals surface area contributed by atoms with Crippen LogP contribution < -0.4 is 5.43 Å². The van der Waals surface area contributed by atoms with Crippen molar-refractivity contribution in [2.45, 2.75) is 11.9 Å². The van der Waals surface area contributed by atoms with E-state index in [9.17, 15) is 13.2 Å². The Morgan fingerprint density at radius 1 is 1.09 bits per heavy atom. The molecule has 0 atom stereocenters. The molecule has 1 heterocycles. The standard InChI is InChI=1S/C17H14ClNO3S/c1-10-16(20)15-13(11-6-4-3-5-7-11)8-12(18)9-14(15)19-17(10)23(2,21)22/h3-9H,1-2H3,(H,19,20). The fourth-order valence-electron chi connectivity index (χ4n) is 2.67. The molecule has 118 valence electrons. The van der Waals surface area contributed by atoms with Crippen LogP contribution in [0, 0.1) is 6.92 Å². The molecule has 4 nitrogen and oxygen atoms in total. The number of aromatic amines is 1. The average Bonchev–Trinajstić information content (AvgIpc) is 2.49. The molecule has 0 fully saturated rings. The number of sulfone groups is 1. The van der Waals surface area contributed by atoms with Gasteiger partial charge in [0.25, 0.3) is 0 Å². The van der Waals surface area contributed by atoms with Crippen molar-refractivity contribution in [1.29, 1.82) is 0 Å². The Morgan fingerprint density at radius 2 is 1.74 bits per heavy atom. The number of aromatic nitrogens is 1. The van der Waals surface area contributed by atoms with Crippen LogP contribution in [0.1, 0.15) is 5.56 Å². The summed E-state index contributed by atoms with van der Waals surface area (Å²) in [5.74, 6) is 0. The van der Waals surface area contributed by atoms with Crippen LogP contribution in [0.4, 0.5) is 0 Å². The second-order valence-corrected chi connectivity index (χ2v) is 7.81. The number of hydrogen-bond acceptors (Lipinski definition) is 3. The molecule has 6 heteroatoms. The summed E-state index contributed by atoms with van der Waals surface area (Å²) in [5.41, 5.74) is 1.80. The molecule has 0 amide bonds. The van der Waals surface area contributed by atoms with Gasteiger partial charge in [-0.15, -0.1) is 0 Å². The van der Waals surface area contributed by atoms with Crippen LogP contribution in [0.5, 0.6) is 0 Å². The van der Waals surface area contributed by atoms with Gasteiger partial charge < -0.3 is 4.98 Å². The molecular weight excluding hydrogens is 334 g/mol. The number of halogens is 1. The van der Waals surface area contributed by atoms with Crippen LogP contribution in [-0.2, 0) is 9.84 Å². The molecule has 0 aliphatic rings. The average molecular weight is 348 g/mol. The predicted molar refractivity (Wildman–Crippen MR) is 92.9 cm³/mol. The van der Waals surface area contributed by atoms with E-state index >= 15 is 0 Å². The minimum Gasteiger partial charge on any atom is -0.345 e. The minimum atomic E-state index is -3.54. The number of rotatable bonds is 2. The lowest BCUT2D eigenvalue weighted by Gasteiger charge is -2.11. The van der Waals surface area contributed by atoms with E-state index in [1.807, 2.05) is 30.3 Å². The molecule has 1 aromatic heterocycles. The van der Waals surface area contributed by atoms with Gasteiger partial charge in [0.05, 0.1) is 10.9 Å². The van der Waals surface area contributed by atoms with Crippen molar-refractivity contribution in [2.75, 3.05) is 6.26 Å². The highest BCUT2D eigenvalue weighted by Crippen LogP contribution is 2.30. The molecule has 0 aliphatic carbocycles. The molecule has 0 aliphatic heterocycles. The van der Waals surface area contributed by atoms with Crippen LogP contribution in [0.25, 0.3) is 22.0 Å². The van der Waals surface area contributed by atoms with Crippen molar-refractivity contribution < 1.29 is 8.42 Å². The highest BCUT2D eigenvalue weighted by molar-refractivity contribution is 7.90. The second-order valence-electron chi connectivity index (χ2n) is 5.42. The Balaban J connectivity index is 2.50. The number of nitrogens with one attached hydrogen (secondary N) is 1. The van der Waals surface area contributed by atoms with E-state index in [0.717, 1.165) is 11.8 Å². The maximum atomic E-state index is 12.8. The largest absolute Gasteiger partial charge is 0.345 e. The summed E-state index contributed by atoms with van der Waals surface area (Å²) in [6.45, 7) is 1.51. The van der Waals surface area contributed by atoms with Crippen molar-refractivity contribution in [3.05, 3.63) is 63.3 Å². The Bertz CT molecular complexity index is 1070. The number of hydrogen-bond donors (Lipinski definition) is 1. The smallest absolute Gasteiger partial charge is 0.194 e. The maximum Gasteiger partial charge on any atom is 0.194 e. The lowest BCUT2D eigenvalue weighted by atomic mass is 9.99. The first-order valence-electron chi connectivity index (χ1n) is 6.90. The zero-order valence-corrected chi connectivity index (χ0v) is 14.1. The van der Waals surface area contributed by atoms with Crippen molar-refractivity contribution in [3.63, 3.8) is 0 Å². The van der Waals surface area contributed by atoms with Gasteiger partial charge in [0.15, 0.2) is 15.3 Å². The number of fused-ring (bicyclic) bond motifs is 1. The van der Waals surface area contributed by atoms with E-state index in [-0.39, 0.29) is 16.0 Å². The molecule has 2 aromatic carbocycles. The van der Waals surface area contributed by atoms with Gasteiger partial charge in [-0.05, 0) is 30.2 Å². The van der Waals surface area contributed by atoms with Gasteiger partial charge in [0, 0.05) is 16.8 Å². The van der Waals surface area contributed by atoms with Gasteiger partial charge >= 0.3 is 0 Å². The third-order valence-corrected chi connectivity index (χ3v) is 5.08. The van der Waals surface area contributed by atoms with E-state index in [2.05, 4.69) is 4.98 Å². The molecule has 23 heavy (non-hydrogen) atoms. The summed E-state index contributed by atoms with van der Waals surface area (Å²) in [6.07, 6.45) is 1.07. The third kappa shape index (κ3) is 2.78. The van der Waals surface area contributed by atoms with Gasteiger partial charge in [-0.25, -0.2) is 8.42 Å². The summed E-state index contributed by atoms with van der Waals surface area (Å²) in [5, 5.41) is 0.789. The van der Waals surface area contributed by atoms with Crippen molar-refractivity contribution in [1.82, 2.24) is 4.98 Å². The lowest BCUT2D eigenvalue weighted by molar-refractivity contribution is 0.598. The Hall–Kier alpha value is -2.11. The molecule has 1 N–H and O–H groups in total. The Morgan fingerprint density at radius 3 is 2.35 bits per heavy atom. The van der Waals surface area contributed by atoms with Crippen molar-refractivity contribution in [3.8, 4) is 11.1 Å². The molecule has 0 saturated heterocycles. The Labute approximate surface area is 138 Å². The number of H-pyrrole nitrogens is 1. The van der Waals surface area contributed by atoms with Gasteiger partial charge in [-0.2, -0.15) is 0 Å². The number of pyridine rings is 1. The molecule has 3 rings (SSSR count). The summed E-state index contributed by atoms with van der Waals surface area (Å²) < 4.78 is 23.8. The highest BCUT2D eigenvalue weighted by Gasteiger charge is 2.19. The van der Waals surface area contributed by atoms with E-state index in [1.165, 1.54) is 6.92 Å². The van der Waals surface area contributed by atoms with Gasteiger partial charge in [-0.3, -0.25) is 4.79 Å². The monoisotopic (exact) mass is 347 g/mol. The normalized spacial score (nSPS) is 11.8. The van der Waals surface area contributed by atoms with Crippen LogP contribution in [0.15, 0.2) is 52.3 Å². The predicted octanol–water partition coefficient (Wildman–Crippen LogP) is 3.56. The molecule has 3 aromatic rings. The van der Waals surface area contributed by atoms with Gasteiger partial charge in [0.1, 0.15) is 5.03 Å². The highest BCUT2D eigenvalue weighted by atomic mass is 35.5. The fourth-order valence-corrected chi connectivity index (χ4v) is 3.84. The number of benzene rings is 2. The second kappa shape index (κ2) is 5.51. The zero-order valence-electron chi connectivity index (χ0n) is 12.6. The third-order valence-electron chi connectivity index (χ3n) is 3.72. The van der Waals surface area contributed by atoms with Crippen LogP contribution >= 0.6 is 11.6 Å². The molecule has 0 radical (unpaired) electrons. The summed E-state index contributed by atoms with van der Waals surface area (Å²) in [4.78, 5) is 15.6. The van der Waals surface area contributed by atoms with Gasteiger partial charge in [-0.1, -0.05) is 41.9 Å². The molecule has 0 spiro atoms. The molecular formula is C17H14ClNO3S. The van der Waals surface area contributed by atoms with Crippen molar-refractivity contribution >= 4 is 32.3 Å². The topological polar surface area (TPSA) is 67.0 Å². The molecule has 0 unspecified atom stereocenters. The SMILES string of the molecule is Cc1c(S(C)(=O)=O)[nH]c2cc(Cl)cc(-c3ccccc3)c2c1=O. The zero-order chi connectivity index (χ0) is 16.8. The summed E-state index contributed by atoms with van der Waals surface area (Å²) >= 11 is 6.16. The van der Waals surface area contributed by atoms with E-state index in [4.69, 9.17) is 11.6 Å². The summed E-state index contributed by atoms with van der Waals surface area (Å²) in [7, 11) is -3.54. The van der Waals surface area contributed by atoms with Crippen LogP contribution in [-0.4, -0.2) is 19.7 Å². The fraction of sp³-hybridized carbons (Fsp3) is 0.118. The van der Waals surface area contributed by atoms with Crippen molar-refractivity contribution in [2.24, 2.45) is 0 Å². The van der Waals surface area contributed by atoms with Gasteiger partial charge in [0.2, 0.25) is 0 Å². The maximum absolute atomic E-state index is 12.8. The van der Waals surface area contributed by atoms with Crippen LogP contribution in [0.3, 0.4) is 0 Å². The van der Waals surface area contributed by atoms with E-state index < -0.39 is 9.84 Å². The molecule has 0 saturated carbocycles. The first kappa shape index (κ1) is 15.8. The molecule has 0 bridgehead atoms. The first-order valence-corrected chi connectivity index (χ1v) is 9.17. The summed E-state index contributed by atoms with van der Waals surface area (Å²) in [6, 6.07) is 12.7.